The Kier molecular flexibility index (Phi) is 2.41. The average Bonchev–Trinajstić information content (AvgIpc) is 2.26. The molecule has 2 aromatic rings. The summed E-state index contributed by atoms with van der Waals surface area (Å²) in [6, 6.07) is 11.9. The van der Waals surface area contributed by atoms with Crippen molar-refractivity contribution in [1.29, 1.82) is 0 Å². The van der Waals surface area contributed by atoms with Gasteiger partial charge < -0.3 is 10.1 Å². The summed E-state index contributed by atoms with van der Waals surface area (Å²) in [6.07, 6.45) is 0. The highest BCUT2D eigenvalue weighted by molar-refractivity contribution is 9.10. The number of hydrogen-bond acceptors (Lipinski definition) is 2. The summed E-state index contributed by atoms with van der Waals surface area (Å²) in [4.78, 5) is 0. The summed E-state index contributed by atoms with van der Waals surface area (Å²) < 4.78 is 7.83. The molecule has 1 N–H and O–H groups in total. The molecule has 2 nitrogen and oxygen atoms in total. The maximum atomic E-state index is 5.82. The molecule has 1 aliphatic rings. The van der Waals surface area contributed by atoms with Crippen LogP contribution in [0.2, 0.25) is 0 Å². The SMILES string of the molecule is Brc1ccc2c(c1)Oc1cc(Br)ccc1N2. The van der Waals surface area contributed by atoms with Gasteiger partial charge in [-0.15, -0.1) is 0 Å². The number of halogens is 2. The minimum absolute atomic E-state index is 0.833. The molecule has 0 atom stereocenters. The number of nitrogens with one attached hydrogen (secondary N) is 1. The molecule has 2 aromatic carbocycles. The third-order valence-corrected chi connectivity index (χ3v) is 3.36. The first-order valence-corrected chi connectivity index (χ1v) is 6.35. The lowest BCUT2D eigenvalue weighted by Gasteiger charge is -2.21. The van der Waals surface area contributed by atoms with Crippen molar-refractivity contribution < 1.29 is 4.74 Å². The standard InChI is InChI=1S/C12H7Br2NO/c13-7-1-3-9-11(5-7)16-12-6-8(14)2-4-10(12)15-9/h1-6,15H. The fraction of sp³-hybridized carbons (Fsp3) is 0. The molecule has 0 spiro atoms. The van der Waals surface area contributed by atoms with Gasteiger partial charge in [0.2, 0.25) is 0 Å². The Labute approximate surface area is 110 Å². The Bertz CT molecular complexity index is 519. The molecule has 0 bridgehead atoms. The van der Waals surface area contributed by atoms with Crippen molar-refractivity contribution in [1.82, 2.24) is 0 Å². The van der Waals surface area contributed by atoms with Crippen molar-refractivity contribution in [2.45, 2.75) is 0 Å². The Balaban J connectivity index is 2.10. The largest absolute Gasteiger partial charge is 0.453 e. The van der Waals surface area contributed by atoms with E-state index in [0.717, 1.165) is 31.8 Å². The Hall–Kier alpha value is -1.00. The number of rotatable bonds is 0. The minimum atomic E-state index is 0.833. The normalized spacial score (nSPS) is 12.1. The second kappa shape index (κ2) is 3.79. The van der Waals surface area contributed by atoms with E-state index in [1.54, 1.807) is 0 Å². The number of benzene rings is 2. The zero-order valence-corrected chi connectivity index (χ0v) is 11.3. The van der Waals surface area contributed by atoms with Gasteiger partial charge in [-0.1, -0.05) is 31.9 Å². The molecule has 0 fully saturated rings. The van der Waals surface area contributed by atoms with Gasteiger partial charge in [0, 0.05) is 8.95 Å². The lowest BCUT2D eigenvalue weighted by Crippen LogP contribution is -2.02. The molecule has 3 rings (SSSR count). The fourth-order valence-electron chi connectivity index (χ4n) is 1.63. The van der Waals surface area contributed by atoms with Crippen LogP contribution in [-0.4, -0.2) is 0 Å². The first-order chi connectivity index (χ1) is 7.72. The van der Waals surface area contributed by atoms with Gasteiger partial charge in [-0.2, -0.15) is 0 Å². The van der Waals surface area contributed by atoms with Crippen LogP contribution in [0.4, 0.5) is 11.4 Å². The highest BCUT2D eigenvalue weighted by Crippen LogP contribution is 2.43. The molecule has 0 aliphatic carbocycles. The van der Waals surface area contributed by atoms with Crippen LogP contribution >= 0.6 is 31.9 Å². The van der Waals surface area contributed by atoms with Gasteiger partial charge in [-0.3, -0.25) is 0 Å². The van der Waals surface area contributed by atoms with E-state index < -0.39 is 0 Å². The molecule has 0 saturated heterocycles. The third kappa shape index (κ3) is 1.72. The van der Waals surface area contributed by atoms with Gasteiger partial charge in [0.25, 0.3) is 0 Å². The first-order valence-electron chi connectivity index (χ1n) is 4.76. The fourth-order valence-corrected chi connectivity index (χ4v) is 2.31. The second-order valence-electron chi connectivity index (χ2n) is 3.51. The molecule has 0 unspecified atom stereocenters. The predicted molar refractivity (Wildman–Crippen MR) is 71.6 cm³/mol. The van der Waals surface area contributed by atoms with Crippen molar-refractivity contribution in [3.63, 3.8) is 0 Å². The van der Waals surface area contributed by atoms with E-state index in [9.17, 15) is 0 Å². The summed E-state index contributed by atoms with van der Waals surface area (Å²) in [7, 11) is 0. The van der Waals surface area contributed by atoms with Crippen LogP contribution in [0.1, 0.15) is 0 Å². The van der Waals surface area contributed by atoms with E-state index in [1.807, 2.05) is 36.4 Å². The maximum Gasteiger partial charge on any atom is 0.152 e. The quantitative estimate of drug-likeness (QED) is 0.617. The van der Waals surface area contributed by atoms with Crippen LogP contribution in [0.15, 0.2) is 45.3 Å². The minimum Gasteiger partial charge on any atom is -0.453 e. The van der Waals surface area contributed by atoms with Gasteiger partial charge in [0.15, 0.2) is 11.5 Å². The molecule has 0 radical (unpaired) electrons. The van der Waals surface area contributed by atoms with Gasteiger partial charge >= 0.3 is 0 Å². The predicted octanol–water partition coefficient (Wildman–Crippen LogP) is 5.06. The molecular formula is C12H7Br2NO. The summed E-state index contributed by atoms with van der Waals surface area (Å²) >= 11 is 6.86. The first kappa shape index (κ1) is 10.2. The van der Waals surface area contributed by atoms with Crippen LogP contribution in [0.3, 0.4) is 0 Å². The number of ether oxygens (including phenoxy) is 1. The number of hydrogen-bond donors (Lipinski definition) is 1. The van der Waals surface area contributed by atoms with E-state index in [2.05, 4.69) is 37.2 Å². The van der Waals surface area contributed by atoms with Gasteiger partial charge in [0.05, 0.1) is 11.4 Å². The molecular weight excluding hydrogens is 334 g/mol. The summed E-state index contributed by atoms with van der Waals surface area (Å²) in [5.41, 5.74) is 1.97. The van der Waals surface area contributed by atoms with Gasteiger partial charge in [0.1, 0.15) is 0 Å². The molecule has 16 heavy (non-hydrogen) atoms. The van der Waals surface area contributed by atoms with Crippen LogP contribution in [0.5, 0.6) is 11.5 Å². The molecule has 1 heterocycles. The monoisotopic (exact) mass is 339 g/mol. The highest BCUT2D eigenvalue weighted by Gasteiger charge is 2.16. The lowest BCUT2D eigenvalue weighted by atomic mass is 10.2. The number of anilines is 2. The lowest BCUT2D eigenvalue weighted by molar-refractivity contribution is 0.480. The average molecular weight is 341 g/mol. The summed E-state index contributed by atoms with van der Waals surface area (Å²) in [5.74, 6) is 1.67. The number of fused-ring (bicyclic) bond motifs is 2. The van der Waals surface area contributed by atoms with Crippen LogP contribution < -0.4 is 10.1 Å². The maximum absolute atomic E-state index is 5.82. The Morgan fingerprint density at radius 1 is 0.812 bits per heavy atom. The molecule has 0 saturated carbocycles. The molecule has 80 valence electrons. The van der Waals surface area contributed by atoms with E-state index in [4.69, 9.17) is 4.74 Å². The van der Waals surface area contributed by atoms with Gasteiger partial charge in [-0.05, 0) is 36.4 Å². The smallest absolute Gasteiger partial charge is 0.152 e. The Morgan fingerprint density at radius 2 is 1.31 bits per heavy atom. The van der Waals surface area contributed by atoms with Gasteiger partial charge in [-0.25, -0.2) is 0 Å². The van der Waals surface area contributed by atoms with E-state index in [1.165, 1.54) is 0 Å². The van der Waals surface area contributed by atoms with Crippen molar-refractivity contribution in [2.24, 2.45) is 0 Å². The van der Waals surface area contributed by atoms with Crippen molar-refractivity contribution in [2.75, 3.05) is 5.32 Å². The van der Waals surface area contributed by atoms with E-state index >= 15 is 0 Å². The highest BCUT2D eigenvalue weighted by atomic mass is 79.9. The van der Waals surface area contributed by atoms with Crippen LogP contribution in [0.25, 0.3) is 0 Å². The molecule has 4 heteroatoms. The van der Waals surface area contributed by atoms with Crippen molar-refractivity contribution in [3.05, 3.63) is 45.3 Å². The van der Waals surface area contributed by atoms with Crippen LogP contribution in [0, 0.1) is 0 Å². The Morgan fingerprint density at radius 3 is 1.81 bits per heavy atom. The topological polar surface area (TPSA) is 21.3 Å². The van der Waals surface area contributed by atoms with Crippen molar-refractivity contribution >= 4 is 43.2 Å². The zero-order valence-electron chi connectivity index (χ0n) is 8.13. The zero-order chi connectivity index (χ0) is 11.1. The third-order valence-electron chi connectivity index (χ3n) is 2.38. The summed E-state index contributed by atoms with van der Waals surface area (Å²) in [6.45, 7) is 0. The van der Waals surface area contributed by atoms with Crippen LogP contribution in [-0.2, 0) is 0 Å². The summed E-state index contributed by atoms with van der Waals surface area (Å²) in [5, 5.41) is 3.33. The van der Waals surface area contributed by atoms with Crippen molar-refractivity contribution in [3.8, 4) is 11.5 Å². The van der Waals surface area contributed by atoms with E-state index in [0.29, 0.717) is 0 Å². The van der Waals surface area contributed by atoms with E-state index in [-0.39, 0.29) is 0 Å². The molecule has 0 amide bonds. The molecule has 0 aromatic heterocycles. The second-order valence-corrected chi connectivity index (χ2v) is 5.34. The molecule has 1 aliphatic heterocycles.